The van der Waals surface area contributed by atoms with Gasteiger partial charge < -0.3 is 31.9 Å². The van der Waals surface area contributed by atoms with Crippen molar-refractivity contribution in [2.75, 3.05) is 31.9 Å². The lowest BCUT2D eigenvalue weighted by atomic mass is 10.0. The molecule has 0 saturated heterocycles. The van der Waals surface area contributed by atoms with Gasteiger partial charge >= 0.3 is 0 Å². The van der Waals surface area contributed by atoms with Gasteiger partial charge in [-0.2, -0.15) is 0 Å². The molecule has 6 aromatic carbocycles. The average molecular weight is 927 g/mol. The Balaban J connectivity index is 0.000000202. The van der Waals surface area contributed by atoms with Crippen LogP contribution in [0, 0.1) is 26.6 Å². The SMILES string of the molecule is CC(=O)Nc1ccc(-c2ccnc(Nc3cccc(NC(=O)c4c(F)cc(C)cc4Cl)c3)n2)cc1.CC(=O)Nc1ccc(-c2ccnc(Nc3cccc(NCc4c(C)cccc4C)c3)n2)cc1. The number of nitrogens with one attached hydrogen (secondary N) is 6. The Kier molecular flexibility index (Phi) is 15.4. The maximum Gasteiger partial charge on any atom is 0.260 e. The zero-order valence-electron chi connectivity index (χ0n) is 37.9. The van der Waals surface area contributed by atoms with E-state index in [2.05, 4.69) is 83.9 Å². The van der Waals surface area contributed by atoms with Crippen LogP contribution < -0.4 is 31.9 Å². The van der Waals surface area contributed by atoms with Crippen LogP contribution in [-0.2, 0) is 16.1 Å². The molecule has 8 aromatic rings. The van der Waals surface area contributed by atoms with Crippen LogP contribution in [0.25, 0.3) is 22.5 Å². The van der Waals surface area contributed by atoms with Crippen molar-refractivity contribution in [3.63, 3.8) is 0 Å². The first-order chi connectivity index (χ1) is 32.8. The molecule has 0 radical (unpaired) electrons. The van der Waals surface area contributed by atoms with Crippen molar-refractivity contribution in [1.82, 2.24) is 19.9 Å². The topological polar surface area (TPSA) is 175 Å². The molecule has 8 rings (SSSR count). The second-order valence-electron chi connectivity index (χ2n) is 15.7. The Morgan fingerprint density at radius 2 is 1.01 bits per heavy atom. The number of hydrogen-bond acceptors (Lipinski definition) is 10. The largest absolute Gasteiger partial charge is 0.381 e. The van der Waals surface area contributed by atoms with Crippen molar-refractivity contribution in [3.05, 3.63) is 191 Å². The van der Waals surface area contributed by atoms with Crippen molar-refractivity contribution in [2.24, 2.45) is 0 Å². The number of nitrogens with zero attached hydrogens (tertiary/aromatic N) is 4. The van der Waals surface area contributed by atoms with Gasteiger partial charge in [-0.15, -0.1) is 0 Å². The van der Waals surface area contributed by atoms with Crippen LogP contribution in [0.3, 0.4) is 0 Å². The van der Waals surface area contributed by atoms with E-state index >= 15 is 0 Å². The van der Waals surface area contributed by atoms with Gasteiger partial charge in [-0.25, -0.2) is 24.3 Å². The second kappa shape index (κ2) is 22.1. The van der Waals surface area contributed by atoms with E-state index in [1.54, 1.807) is 61.8 Å². The Morgan fingerprint density at radius 1 is 0.544 bits per heavy atom. The van der Waals surface area contributed by atoms with Gasteiger partial charge in [-0.3, -0.25) is 14.4 Å². The number of aromatic nitrogens is 4. The molecule has 0 atom stereocenters. The predicted octanol–water partition coefficient (Wildman–Crippen LogP) is 12.3. The molecule has 0 aliphatic carbocycles. The number of halogens is 2. The van der Waals surface area contributed by atoms with Gasteiger partial charge in [0.15, 0.2) is 0 Å². The zero-order chi connectivity index (χ0) is 48.2. The Morgan fingerprint density at radius 3 is 1.51 bits per heavy atom. The van der Waals surface area contributed by atoms with Gasteiger partial charge in [0.05, 0.1) is 22.0 Å². The van der Waals surface area contributed by atoms with Gasteiger partial charge in [0.1, 0.15) is 5.82 Å². The lowest BCUT2D eigenvalue weighted by Gasteiger charge is -2.13. The summed E-state index contributed by atoms with van der Waals surface area (Å²) in [6.07, 6.45) is 3.36. The number of anilines is 8. The first kappa shape index (κ1) is 47.5. The van der Waals surface area contributed by atoms with E-state index in [9.17, 15) is 18.8 Å². The van der Waals surface area contributed by atoms with E-state index in [1.165, 1.54) is 42.7 Å². The fourth-order valence-electron chi connectivity index (χ4n) is 7.08. The number of amides is 3. The van der Waals surface area contributed by atoms with Crippen LogP contribution >= 0.6 is 11.6 Å². The molecule has 15 heteroatoms. The van der Waals surface area contributed by atoms with Gasteiger partial charge in [0, 0.05) is 78.0 Å². The quantitative estimate of drug-likeness (QED) is 0.0653. The van der Waals surface area contributed by atoms with Crippen molar-refractivity contribution >= 4 is 75.3 Å². The van der Waals surface area contributed by atoms with Crippen LogP contribution in [-0.4, -0.2) is 37.7 Å². The number of carbonyl (C=O) groups is 3. The summed E-state index contributed by atoms with van der Waals surface area (Å²) >= 11 is 6.08. The molecule has 0 aliphatic rings. The molecule has 3 amide bonds. The highest BCUT2D eigenvalue weighted by atomic mass is 35.5. The van der Waals surface area contributed by atoms with Crippen LogP contribution in [0.1, 0.15) is 46.5 Å². The normalized spacial score (nSPS) is 10.5. The maximum absolute atomic E-state index is 14.3. The molecular weight excluding hydrogens is 879 g/mol. The van der Waals surface area contributed by atoms with Gasteiger partial charge in [-0.1, -0.05) is 66.2 Å². The van der Waals surface area contributed by atoms with E-state index < -0.39 is 11.7 Å². The Hall–Kier alpha value is -8.49. The summed E-state index contributed by atoms with van der Waals surface area (Å²) < 4.78 is 14.3. The minimum atomic E-state index is -0.683. The van der Waals surface area contributed by atoms with Gasteiger partial charge in [-0.05, 0) is 128 Å². The first-order valence-corrected chi connectivity index (χ1v) is 21.9. The number of carbonyl (C=O) groups excluding carboxylic acids is 3. The Bertz CT molecular complexity index is 3050. The molecular formula is C53H48ClFN10O3. The minimum absolute atomic E-state index is 0.0459. The van der Waals surface area contributed by atoms with Crippen LogP contribution in [0.5, 0.6) is 0 Å². The number of rotatable bonds is 13. The highest BCUT2D eigenvalue weighted by Gasteiger charge is 2.17. The van der Waals surface area contributed by atoms with Crippen LogP contribution in [0.15, 0.2) is 152 Å². The highest BCUT2D eigenvalue weighted by molar-refractivity contribution is 6.34. The third-order valence-electron chi connectivity index (χ3n) is 10.3. The molecule has 0 unspecified atom stereocenters. The maximum atomic E-state index is 14.3. The molecule has 13 nitrogen and oxygen atoms in total. The monoisotopic (exact) mass is 926 g/mol. The molecule has 0 fully saturated rings. The second-order valence-corrected chi connectivity index (χ2v) is 16.1. The van der Waals surface area contributed by atoms with E-state index in [0.717, 1.165) is 40.4 Å². The lowest BCUT2D eigenvalue weighted by molar-refractivity contribution is -0.115. The Labute approximate surface area is 398 Å². The number of benzene rings is 6. The van der Waals surface area contributed by atoms with E-state index in [4.69, 9.17) is 11.6 Å². The van der Waals surface area contributed by atoms with Crippen molar-refractivity contribution < 1.29 is 18.8 Å². The molecule has 0 saturated carbocycles. The number of aryl methyl sites for hydroxylation is 3. The lowest BCUT2D eigenvalue weighted by Crippen LogP contribution is -2.14. The highest BCUT2D eigenvalue weighted by Crippen LogP contribution is 2.27. The molecule has 6 N–H and O–H groups in total. The fourth-order valence-corrected chi connectivity index (χ4v) is 7.43. The molecule has 0 bridgehead atoms. The standard InChI is InChI=1S/C27H27N5O.C26H21ClFN5O2/c1-18-6-4-7-19(2)25(18)17-29-23-8-5-9-24(16-23)31-27-28-15-14-26(32-27)21-10-12-22(13-11-21)30-20(3)33;1-15-12-21(27)24(22(28)13-15)25(35)31-19-4-3-5-20(14-19)32-26-29-11-10-23(33-26)17-6-8-18(9-7-17)30-16(2)34/h4-16,29H,17H2,1-3H3,(H,30,33)(H,28,31,32);3-14H,1-2H3,(H,30,34)(H,31,35)(H,29,32,33). The molecule has 2 aromatic heterocycles. The smallest absolute Gasteiger partial charge is 0.260 e. The summed E-state index contributed by atoms with van der Waals surface area (Å²) in [5.74, 6) is -0.698. The van der Waals surface area contributed by atoms with Crippen molar-refractivity contribution in [2.45, 2.75) is 41.2 Å². The summed E-state index contributed by atoms with van der Waals surface area (Å²) in [7, 11) is 0. The number of hydrogen-bond donors (Lipinski definition) is 6. The van der Waals surface area contributed by atoms with E-state index in [0.29, 0.717) is 40.2 Å². The van der Waals surface area contributed by atoms with Crippen LogP contribution in [0.4, 0.5) is 50.4 Å². The van der Waals surface area contributed by atoms with E-state index in [-0.39, 0.29) is 22.4 Å². The molecule has 2 heterocycles. The summed E-state index contributed by atoms with van der Waals surface area (Å²) in [5, 5.41) is 18.1. The molecule has 0 aliphatic heterocycles. The molecule has 342 valence electrons. The van der Waals surface area contributed by atoms with Gasteiger partial charge in [0.25, 0.3) is 5.91 Å². The van der Waals surface area contributed by atoms with Crippen LogP contribution in [0.2, 0.25) is 5.02 Å². The summed E-state index contributed by atoms with van der Waals surface area (Å²) in [6.45, 7) is 9.68. The van der Waals surface area contributed by atoms with Gasteiger partial charge in [0.2, 0.25) is 23.7 Å². The summed E-state index contributed by atoms with van der Waals surface area (Å²) in [6, 6.07) is 42.6. The summed E-state index contributed by atoms with van der Waals surface area (Å²) in [5.41, 5.74) is 12.0. The third-order valence-corrected chi connectivity index (χ3v) is 10.6. The molecule has 0 spiro atoms. The first-order valence-electron chi connectivity index (χ1n) is 21.5. The minimum Gasteiger partial charge on any atom is -0.381 e. The summed E-state index contributed by atoms with van der Waals surface area (Å²) in [4.78, 5) is 52.8. The zero-order valence-corrected chi connectivity index (χ0v) is 38.7. The van der Waals surface area contributed by atoms with E-state index in [1.807, 2.05) is 66.7 Å². The third kappa shape index (κ3) is 13.1. The fraction of sp³-hybridized carbons (Fsp3) is 0.113. The molecule has 68 heavy (non-hydrogen) atoms. The predicted molar refractivity (Wildman–Crippen MR) is 270 cm³/mol. The average Bonchev–Trinajstić information content (AvgIpc) is 3.29. The van der Waals surface area contributed by atoms with Crippen molar-refractivity contribution in [3.8, 4) is 22.5 Å². The van der Waals surface area contributed by atoms with Crippen molar-refractivity contribution in [1.29, 1.82) is 0 Å².